The van der Waals surface area contributed by atoms with E-state index >= 15 is 0 Å². The van der Waals surface area contributed by atoms with Gasteiger partial charge in [0, 0.05) is 17.9 Å². The van der Waals surface area contributed by atoms with Crippen LogP contribution in [0.5, 0.6) is 0 Å². The Balaban J connectivity index is 2.25. The number of aromatic nitrogens is 1. The zero-order valence-corrected chi connectivity index (χ0v) is 13.2. The Morgan fingerprint density at radius 3 is 2.96 bits per heavy atom. The number of nitrogens with zero attached hydrogens (tertiary/aromatic N) is 2. The van der Waals surface area contributed by atoms with Gasteiger partial charge in [0.25, 0.3) is 0 Å². The number of pyridine rings is 1. The first kappa shape index (κ1) is 15.9. The van der Waals surface area contributed by atoms with Gasteiger partial charge in [0.2, 0.25) is 0 Å². The molecule has 1 aliphatic rings. The number of halogens is 1. The van der Waals surface area contributed by atoms with Crippen LogP contribution in [0.25, 0.3) is 10.9 Å². The summed E-state index contributed by atoms with van der Waals surface area (Å²) in [5.74, 6) is -0.127. The van der Waals surface area contributed by atoms with Gasteiger partial charge in [0.05, 0.1) is 23.4 Å². The maximum atomic E-state index is 14.2. The summed E-state index contributed by atoms with van der Waals surface area (Å²) in [5.41, 5.74) is 9.01. The van der Waals surface area contributed by atoms with Gasteiger partial charge in [-0.05, 0) is 56.0 Å². The van der Waals surface area contributed by atoms with Crippen molar-refractivity contribution in [3.63, 3.8) is 0 Å². The lowest BCUT2D eigenvalue weighted by Gasteiger charge is -2.24. The molecule has 0 saturated carbocycles. The van der Waals surface area contributed by atoms with Crippen molar-refractivity contribution >= 4 is 10.9 Å². The Morgan fingerprint density at radius 1 is 1.48 bits per heavy atom. The van der Waals surface area contributed by atoms with E-state index < -0.39 is 0 Å². The second kappa shape index (κ2) is 6.61. The van der Waals surface area contributed by atoms with Gasteiger partial charge in [-0.1, -0.05) is 0 Å². The number of nitriles is 1. The van der Waals surface area contributed by atoms with Crippen LogP contribution in [-0.2, 0) is 11.2 Å². The molecule has 23 heavy (non-hydrogen) atoms. The van der Waals surface area contributed by atoms with E-state index in [1.165, 1.54) is 6.07 Å². The molecule has 0 radical (unpaired) electrons. The molecule has 1 aliphatic heterocycles. The molecule has 0 bridgehead atoms. The van der Waals surface area contributed by atoms with Crippen molar-refractivity contribution in [1.82, 2.24) is 4.98 Å². The Kier molecular flexibility index (Phi) is 4.56. The van der Waals surface area contributed by atoms with Gasteiger partial charge in [-0.3, -0.25) is 4.98 Å². The maximum Gasteiger partial charge on any atom is 0.127 e. The van der Waals surface area contributed by atoms with Crippen LogP contribution in [0.15, 0.2) is 12.1 Å². The predicted octanol–water partition coefficient (Wildman–Crippen LogP) is 2.95. The van der Waals surface area contributed by atoms with E-state index in [4.69, 9.17) is 15.5 Å². The molecule has 1 unspecified atom stereocenters. The van der Waals surface area contributed by atoms with Gasteiger partial charge in [0.15, 0.2) is 0 Å². The van der Waals surface area contributed by atoms with Crippen LogP contribution in [0, 0.1) is 24.1 Å². The fourth-order valence-corrected chi connectivity index (χ4v) is 3.39. The molecule has 120 valence electrons. The van der Waals surface area contributed by atoms with E-state index in [9.17, 15) is 9.65 Å². The van der Waals surface area contributed by atoms with Gasteiger partial charge in [-0.25, -0.2) is 4.39 Å². The maximum absolute atomic E-state index is 14.2. The van der Waals surface area contributed by atoms with Gasteiger partial charge in [-0.2, -0.15) is 5.26 Å². The highest BCUT2D eigenvalue weighted by Crippen LogP contribution is 2.33. The molecule has 2 N–H and O–H groups in total. The minimum Gasteiger partial charge on any atom is -0.381 e. The molecule has 3 rings (SSSR count). The lowest BCUT2D eigenvalue weighted by Crippen LogP contribution is -2.18. The van der Waals surface area contributed by atoms with Crippen molar-refractivity contribution < 1.29 is 9.13 Å². The number of hydrogen-bond acceptors (Lipinski definition) is 4. The van der Waals surface area contributed by atoms with E-state index in [2.05, 4.69) is 6.07 Å². The topological polar surface area (TPSA) is 71.9 Å². The van der Waals surface area contributed by atoms with Crippen molar-refractivity contribution in [2.24, 2.45) is 5.73 Å². The molecule has 1 aromatic heterocycles. The van der Waals surface area contributed by atoms with Crippen molar-refractivity contribution in [3.8, 4) is 6.07 Å². The Hall–Kier alpha value is -2.03. The third-order valence-electron chi connectivity index (χ3n) is 4.54. The molecule has 2 aromatic rings. The average Bonchev–Trinajstić information content (AvgIpc) is 2.58. The summed E-state index contributed by atoms with van der Waals surface area (Å²) in [7, 11) is 0. The second-order valence-corrected chi connectivity index (χ2v) is 5.98. The van der Waals surface area contributed by atoms with Crippen LogP contribution in [0.3, 0.4) is 0 Å². The lowest BCUT2D eigenvalue weighted by atomic mass is 9.90. The van der Waals surface area contributed by atoms with Crippen LogP contribution in [0.1, 0.15) is 41.1 Å². The fourth-order valence-electron chi connectivity index (χ4n) is 3.39. The molecule has 1 fully saturated rings. The standard InChI is InChI=1S/C18H20FN3O/c1-11-14(9-21)17-13(6-7-20)15(19)4-5-16(17)22-18(11)12-3-2-8-23-10-12/h4-5,12H,2-3,6-8,10,20H2,1H3. The first-order valence-electron chi connectivity index (χ1n) is 7.96. The number of hydrogen-bond donors (Lipinski definition) is 1. The minimum absolute atomic E-state index is 0.197. The van der Waals surface area contributed by atoms with Crippen molar-refractivity contribution in [3.05, 3.63) is 40.3 Å². The summed E-state index contributed by atoms with van der Waals surface area (Å²) >= 11 is 0. The molecule has 1 aromatic carbocycles. The Morgan fingerprint density at radius 2 is 2.30 bits per heavy atom. The number of nitrogens with two attached hydrogens (primary N) is 1. The molecular weight excluding hydrogens is 293 g/mol. The molecule has 1 atom stereocenters. The monoisotopic (exact) mass is 313 g/mol. The van der Waals surface area contributed by atoms with Gasteiger partial charge >= 0.3 is 0 Å². The smallest absolute Gasteiger partial charge is 0.127 e. The normalized spacial score (nSPS) is 18.1. The number of benzene rings is 1. The molecule has 0 amide bonds. The van der Waals surface area contributed by atoms with Crippen LogP contribution >= 0.6 is 0 Å². The second-order valence-electron chi connectivity index (χ2n) is 5.98. The van der Waals surface area contributed by atoms with E-state index in [1.54, 1.807) is 6.07 Å². The first-order chi connectivity index (χ1) is 11.2. The summed E-state index contributed by atoms with van der Waals surface area (Å²) in [6.07, 6.45) is 2.39. The highest BCUT2D eigenvalue weighted by atomic mass is 19.1. The van der Waals surface area contributed by atoms with Crippen LogP contribution in [0.4, 0.5) is 4.39 Å². The molecule has 0 spiro atoms. The summed E-state index contributed by atoms with van der Waals surface area (Å²) in [6, 6.07) is 5.32. The van der Waals surface area contributed by atoms with E-state index in [0.29, 0.717) is 41.6 Å². The van der Waals surface area contributed by atoms with E-state index in [0.717, 1.165) is 30.7 Å². The molecule has 1 saturated heterocycles. The number of ether oxygens (including phenoxy) is 1. The lowest BCUT2D eigenvalue weighted by molar-refractivity contribution is 0.0792. The first-order valence-corrected chi connectivity index (χ1v) is 7.96. The van der Waals surface area contributed by atoms with Crippen LogP contribution in [-0.4, -0.2) is 24.7 Å². The zero-order chi connectivity index (χ0) is 16.4. The highest BCUT2D eigenvalue weighted by molar-refractivity contribution is 5.89. The van der Waals surface area contributed by atoms with Crippen LogP contribution < -0.4 is 5.73 Å². The zero-order valence-electron chi connectivity index (χ0n) is 13.2. The third-order valence-corrected chi connectivity index (χ3v) is 4.54. The Labute approximate surface area is 135 Å². The Bertz CT molecular complexity index is 776. The summed E-state index contributed by atoms with van der Waals surface area (Å²) in [5, 5.41) is 10.3. The summed E-state index contributed by atoms with van der Waals surface area (Å²) < 4.78 is 19.8. The van der Waals surface area contributed by atoms with Crippen molar-refractivity contribution in [2.45, 2.75) is 32.1 Å². The summed E-state index contributed by atoms with van der Waals surface area (Å²) in [4.78, 5) is 4.75. The van der Waals surface area contributed by atoms with Crippen molar-refractivity contribution in [2.75, 3.05) is 19.8 Å². The number of fused-ring (bicyclic) bond motifs is 1. The quantitative estimate of drug-likeness (QED) is 0.945. The van der Waals surface area contributed by atoms with Gasteiger partial charge in [-0.15, -0.1) is 0 Å². The largest absolute Gasteiger partial charge is 0.381 e. The highest BCUT2D eigenvalue weighted by Gasteiger charge is 2.24. The summed E-state index contributed by atoms with van der Waals surface area (Å²) in [6.45, 7) is 3.63. The molecule has 0 aliphatic carbocycles. The van der Waals surface area contributed by atoms with Gasteiger partial charge in [0.1, 0.15) is 11.9 Å². The molecule has 4 nitrogen and oxygen atoms in total. The SMILES string of the molecule is Cc1c(C2CCCOC2)nc2ccc(F)c(CCN)c2c1C#N. The van der Waals surface area contributed by atoms with E-state index in [-0.39, 0.29) is 11.7 Å². The van der Waals surface area contributed by atoms with Gasteiger partial charge < -0.3 is 10.5 Å². The number of rotatable bonds is 3. The van der Waals surface area contributed by atoms with Crippen LogP contribution in [0.2, 0.25) is 0 Å². The third kappa shape index (κ3) is 2.80. The van der Waals surface area contributed by atoms with Crippen molar-refractivity contribution in [1.29, 1.82) is 5.26 Å². The van der Waals surface area contributed by atoms with E-state index in [1.807, 2.05) is 6.92 Å². The minimum atomic E-state index is -0.325. The molecule has 2 heterocycles. The fraction of sp³-hybridized carbons (Fsp3) is 0.444. The molecule has 5 heteroatoms. The molecular formula is C18H20FN3O. The predicted molar refractivity (Wildman–Crippen MR) is 86.7 cm³/mol. The average molecular weight is 313 g/mol.